The van der Waals surface area contributed by atoms with Crippen molar-refractivity contribution in [1.29, 1.82) is 0 Å². The third kappa shape index (κ3) is 3.63. The Morgan fingerprint density at radius 2 is 1.67 bits per heavy atom. The van der Waals surface area contributed by atoms with Gasteiger partial charge in [-0.15, -0.1) is 0 Å². The lowest BCUT2D eigenvalue weighted by Gasteiger charge is -2.28. The molecule has 0 bridgehead atoms. The molecule has 3 amide bonds. The first-order valence-electron chi connectivity index (χ1n) is 17.5. The van der Waals surface area contributed by atoms with Crippen molar-refractivity contribution < 1.29 is 38.9 Å². The van der Waals surface area contributed by atoms with Gasteiger partial charge in [-0.3, -0.25) is 19.2 Å². The van der Waals surface area contributed by atoms with Gasteiger partial charge >= 0.3 is 0 Å². The number of aromatic nitrogens is 2. The lowest BCUT2D eigenvalue weighted by atomic mass is 9.83. The lowest BCUT2D eigenvalue weighted by molar-refractivity contribution is -0.119. The first-order valence-corrected chi connectivity index (χ1v) is 17.5. The molecule has 2 fully saturated rings. The van der Waals surface area contributed by atoms with Crippen LogP contribution in [0.2, 0.25) is 0 Å². The number of rotatable bonds is 4. The number of methoxy groups -OCH3 is 2. The monoisotopic (exact) mass is 704 g/mol. The maximum atomic E-state index is 14.3. The van der Waals surface area contributed by atoms with Crippen LogP contribution in [0, 0.1) is 12.8 Å². The highest BCUT2D eigenvalue weighted by atomic mass is 16.5. The highest BCUT2D eigenvalue weighted by Gasteiger charge is 2.68. The number of aryl methyl sites for hydroxylation is 1. The quantitative estimate of drug-likeness (QED) is 0.212. The number of phenolic OH excluding ortho intramolecular Hbond substituents is 2. The number of anilines is 3. The molecule has 5 N–H and O–H groups in total. The van der Waals surface area contributed by atoms with E-state index in [2.05, 4.69) is 15.3 Å². The number of piperidine rings is 1. The number of aromatic amines is 2. The number of carbonyl (C=O) groups is 4. The molecule has 3 unspecified atom stereocenters. The van der Waals surface area contributed by atoms with Crippen LogP contribution < -0.4 is 24.6 Å². The minimum atomic E-state index is -0.735. The number of nitrogens with zero attached hydrogens (tertiary/aromatic N) is 3. The largest absolute Gasteiger partial charge is 0.503 e. The highest BCUT2D eigenvalue weighted by Crippen LogP contribution is 2.67. The third-order valence-electron chi connectivity index (χ3n) is 12.3. The van der Waals surface area contributed by atoms with E-state index in [1.165, 1.54) is 26.0 Å². The van der Waals surface area contributed by atoms with E-state index in [0.29, 0.717) is 77.3 Å². The van der Waals surface area contributed by atoms with Gasteiger partial charge in [-0.05, 0) is 66.0 Å². The number of H-pyrrole nitrogens is 2. The molecule has 2 aromatic heterocycles. The van der Waals surface area contributed by atoms with Gasteiger partial charge in [-0.2, -0.15) is 0 Å². The van der Waals surface area contributed by atoms with Gasteiger partial charge in [0.1, 0.15) is 11.7 Å². The Bertz CT molecular complexity index is 2420. The van der Waals surface area contributed by atoms with Crippen LogP contribution in [0.3, 0.4) is 0 Å². The number of ketones is 1. The minimum absolute atomic E-state index is 0.115. The summed E-state index contributed by atoms with van der Waals surface area (Å²) in [6, 6.07) is 1.02. The molecule has 4 aromatic rings. The Morgan fingerprint density at radius 1 is 0.962 bits per heavy atom. The van der Waals surface area contributed by atoms with Crippen LogP contribution in [0.1, 0.15) is 62.1 Å². The smallest absolute Gasteiger partial charge is 0.274 e. The number of benzene rings is 2. The molecule has 0 radical (unpaired) electrons. The van der Waals surface area contributed by atoms with Crippen LogP contribution in [0.4, 0.5) is 17.1 Å². The molecule has 1 spiro atoms. The number of hydrogen-bond donors (Lipinski definition) is 5. The number of hydrogen-bond acceptors (Lipinski definition) is 9. The van der Waals surface area contributed by atoms with Crippen molar-refractivity contribution in [2.24, 2.45) is 5.92 Å². The van der Waals surface area contributed by atoms with E-state index in [1.807, 2.05) is 13.1 Å². The standard InChI is InChI=1S/C38H36N6O8/c1-15-13-39-29-24(46)11-25-38(26(15)29)12-17(38)14-44(25)37(50)23-10-21-19-6-8-43(31(19)33(48)35(52-4)28(21)41-23)36(49)22-9-20-18-5-7-42(16(2)45)30(18)32(47)34(51-3)27(20)40-22/h10-11,13,17,22,39-41,47-48H,5-9,12,14H2,1-4H3. The summed E-state index contributed by atoms with van der Waals surface area (Å²) in [6.45, 7) is 4.64. The summed E-state index contributed by atoms with van der Waals surface area (Å²) in [7, 11) is 2.86. The topological polar surface area (TPSA) is 181 Å². The van der Waals surface area contributed by atoms with Crippen LogP contribution in [0.25, 0.3) is 10.9 Å². The summed E-state index contributed by atoms with van der Waals surface area (Å²) in [5.41, 5.74) is 7.36. The molecule has 14 heteroatoms. The fraction of sp³-hybridized carbons (Fsp3) is 0.368. The van der Waals surface area contributed by atoms with Crippen molar-refractivity contribution in [2.75, 3.05) is 49.0 Å². The van der Waals surface area contributed by atoms with Gasteiger partial charge < -0.3 is 49.7 Å². The van der Waals surface area contributed by atoms with Crippen LogP contribution in [0.15, 0.2) is 24.0 Å². The van der Waals surface area contributed by atoms with Gasteiger partial charge in [-0.25, -0.2) is 0 Å². The second kappa shape index (κ2) is 10.1. The minimum Gasteiger partial charge on any atom is -0.503 e. The molecule has 6 heterocycles. The Hall–Kier alpha value is -5.92. The zero-order chi connectivity index (χ0) is 36.1. The predicted octanol–water partition coefficient (Wildman–Crippen LogP) is 3.56. The number of aromatic hydroxyl groups is 2. The van der Waals surface area contributed by atoms with E-state index in [0.717, 1.165) is 34.4 Å². The van der Waals surface area contributed by atoms with Crippen LogP contribution in [-0.4, -0.2) is 88.5 Å². The second-order valence-corrected chi connectivity index (χ2v) is 14.7. The van der Waals surface area contributed by atoms with Gasteiger partial charge in [0.2, 0.25) is 17.6 Å². The van der Waals surface area contributed by atoms with Crippen LogP contribution in [-0.2, 0) is 34.3 Å². The summed E-state index contributed by atoms with van der Waals surface area (Å²) in [5, 5.41) is 26.7. The summed E-state index contributed by atoms with van der Waals surface area (Å²) >= 11 is 0. The van der Waals surface area contributed by atoms with E-state index in [9.17, 15) is 29.4 Å². The normalized spacial score (nSPS) is 23.1. The average Bonchev–Trinajstić information content (AvgIpc) is 3.85. The van der Waals surface area contributed by atoms with Gasteiger partial charge in [0.05, 0.1) is 42.5 Å². The van der Waals surface area contributed by atoms with E-state index >= 15 is 0 Å². The highest BCUT2D eigenvalue weighted by molar-refractivity contribution is 6.12. The number of allylic oxidation sites excluding steroid dienone is 2. The molecule has 6 aliphatic rings. The van der Waals surface area contributed by atoms with Crippen molar-refractivity contribution in [3.05, 3.63) is 63.2 Å². The molecule has 2 aliphatic carbocycles. The number of nitrogens with one attached hydrogen (secondary N) is 3. The number of likely N-dealkylation sites (tertiary alicyclic amines) is 1. The molecular weight excluding hydrogens is 668 g/mol. The van der Waals surface area contributed by atoms with E-state index in [1.54, 1.807) is 21.9 Å². The van der Waals surface area contributed by atoms with Crippen molar-refractivity contribution in [1.82, 2.24) is 14.9 Å². The van der Waals surface area contributed by atoms with Crippen molar-refractivity contribution in [3.63, 3.8) is 0 Å². The van der Waals surface area contributed by atoms with E-state index < -0.39 is 6.04 Å². The Balaban J connectivity index is 0.988. The van der Waals surface area contributed by atoms with Gasteiger partial charge in [-0.1, -0.05) is 0 Å². The van der Waals surface area contributed by atoms with Crippen molar-refractivity contribution >= 4 is 51.5 Å². The van der Waals surface area contributed by atoms with E-state index in [4.69, 9.17) is 9.47 Å². The van der Waals surface area contributed by atoms with Gasteiger partial charge in [0, 0.05) is 61.7 Å². The number of carbonyl (C=O) groups excluding carboxylic acids is 4. The third-order valence-corrected chi connectivity index (χ3v) is 12.3. The number of ether oxygens (including phenoxy) is 2. The lowest BCUT2D eigenvalue weighted by Crippen LogP contribution is -2.41. The molecule has 1 saturated carbocycles. The zero-order valence-electron chi connectivity index (χ0n) is 29.0. The summed E-state index contributed by atoms with van der Waals surface area (Å²) in [6.07, 6.45) is 5.61. The predicted molar refractivity (Wildman–Crippen MR) is 189 cm³/mol. The average molecular weight is 705 g/mol. The van der Waals surface area contributed by atoms with E-state index in [-0.39, 0.29) is 64.4 Å². The van der Waals surface area contributed by atoms with Crippen LogP contribution >= 0.6 is 0 Å². The fourth-order valence-electron chi connectivity index (χ4n) is 10.0. The molecule has 1 saturated heterocycles. The molecule has 52 heavy (non-hydrogen) atoms. The first-order chi connectivity index (χ1) is 25.0. The second-order valence-electron chi connectivity index (χ2n) is 14.7. The molecule has 2 aromatic carbocycles. The zero-order valence-corrected chi connectivity index (χ0v) is 29.0. The molecule has 14 nitrogen and oxygen atoms in total. The molecular formula is C38H36N6O8. The fourth-order valence-corrected chi connectivity index (χ4v) is 10.0. The molecule has 10 rings (SSSR count). The Morgan fingerprint density at radius 3 is 2.42 bits per heavy atom. The SMILES string of the molecule is COc1c(O)c2c(c3c1NC(C(=O)N1CCc4c1c(O)c(OC)c1[nH]c(C(=O)N5CC6CC67C5=CC(=O)c5[nH]cc(C)c57)cc41)C3)CCN2C(C)=O. The maximum absolute atomic E-state index is 14.3. The number of phenols is 2. The summed E-state index contributed by atoms with van der Waals surface area (Å²) in [4.78, 5) is 65.2. The van der Waals surface area contributed by atoms with Crippen molar-refractivity contribution in [2.45, 2.75) is 51.0 Å². The summed E-state index contributed by atoms with van der Waals surface area (Å²) in [5.74, 6) is -0.737. The number of amides is 3. The Labute approximate surface area is 297 Å². The van der Waals surface area contributed by atoms with Crippen molar-refractivity contribution in [3.8, 4) is 23.0 Å². The van der Waals surface area contributed by atoms with Gasteiger partial charge in [0.25, 0.3) is 5.91 Å². The first kappa shape index (κ1) is 30.9. The number of fused-ring (bicyclic) bond motifs is 7. The Kier molecular flexibility index (Phi) is 6.00. The van der Waals surface area contributed by atoms with Crippen LogP contribution in [0.5, 0.6) is 23.0 Å². The van der Waals surface area contributed by atoms with Gasteiger partial charge in [0.15, 0.2) is 23.0 Å². The molecule has 266 valence electrons. The summed E-state index contributed by atoms with van der Waals surface area (Å²) < 4.78 is 11.3. The molecule has 4 aliphatic heterocycles. The maximum Gasteiger partial charge on any atom is 0.274 e. The molecule has 3 atom stereocenters.